The number of allylic oxidation sites excluding steroid dienone is 1. The van der Waals surface area contributed by atoms with Crippen molar-refractivity contribution in [1.82, 2.24) is 0 Å². The summed E-state index contributed by atoms with van der Waals surface area (Å²) < 4.78 is 19.9. The topological polar surface area (TPSA) is 45.4 Å². The molecule has 0 radical (unpaired) electrons. The van der Waals surface area contributed by atoms with Gasteiger partial charge < -0.3 is 4.74 Å². The van der Waals surface area contributed by atoms with E-state index in [4.69, 9.17) is 16.3 Å². The predicted molar refractivity (Wildman–Crippen MR) is 125 cm³/mol. The van der Waals surface area contributed by atoms with Gasteiger partial charge in [-0.05, 0) is 29.3 Å². The molecule has 0 amide bonds. The number of hydrogen-bond donors (Lipinski definition) is 0. The van der Waals surface area contributed by atoms with Crippen molar-refractivity contribution in [3.8, 4) is 11.8 Å². The third kappa shape index (κ3) is 3.53. The van der Waals surface area contributed by atoms with E-state index in [1.54, 1.807) is 18.3 Å². The van der Waals surface area contributed by atoms with Gasteiger partial charge in [0.1, 0.15) is 23.2 Å². The number of ether oxygens (including phenoxy) is 1. The van der Waals surface area contributed by atoms with Crippen LogP contribution in [0.3, 0.4) is 0 Å². The fourth-order valence-corrected chi connectivity index (χ4v) is 4.25. The minimum Gasteiger partial charge on any atom is -0.437 e. The summed E-state index contributed by atoms with van der Waals surface area (Å²) in [4.78, 5) is 4.53. The van der Waals surface area contributed by atoms with Crippen LogP contribution in [-0.2, 0) is 0 Å². The first-order chi connectivity index (χ1) is 15.7. The minimum atomic E-state index is -0.491. The van der Waals surface area contributed by atoms with Gasteiger partial charge in [-0.1, -0.05) is 78.3 Å². The van der Waals surface area contributed by atoms with Crippen LogP contribution < -0.4 is 4.74 Å². The van der Waals surface area contributed by atoms with Crippen molar-refractivity contribution >= 4 is 28.6 Å². The highest BCUT2D eigenvalue weighted by molar-refractivity contribution is 6.36. The zero-order chi connectivity index (χ0) is 22.1. The molecule has 0 saturated carbocycles. The first kappa shape index (κ1) is 20.0. The van der Waals surface area contributed by atoms with Crippen LogP contribution in [0.5, 0.6) is 5.75 Å². The lowest BCUT2D eigenvalue weighted by Gasteiger charge is -2.28. The number of aliphatic imine (C=N–C) groups is 1. The molecule has 0 spiro atoms. The largest absolute Gasteiger partial charge is 0.437 e. The van der Waals surface area contributed by atoms with Crippen molar-refractivity contribution in [3.63, 3.8) is 0 Å². The lowest BCUT2D eigenvalue weighted by atomic mass is 9.82. The fraction of sp³-hybridized carbons (Fsp3) is 0.0370. The summed E-state index contributed by atoms with van der Waals surface area (Å²) in [6, 6.07) is 27.4. The third-order valence-corrected chi connectivity index (χ3v) is 5.77. The number of nitriles is 1. The zero-order valence-electron chi connectivity index (χ0n) is 16.8. The molecule has 0 fully saturated rings. The summed E-state index contributed by atoms with van der Waals surface area (Å²) >= 11 is 6.60. The normalized spacial score (nSPS) is 15.5. The maximum absolute atomic E-state index is 13.6. The van der Waals surface area contributed by atoms with E-state index in [9.17, 15) is 9.65 Å². The van der Waals surface area contributed by atoms with Gasteiger partial charge in [0.15, 0.2) is 0 Å². The van der Waals surface area contributed by atoms with Crippen molar-refractivity contribution < 1.29 is 9.13 Å². The number of halogens is 2. The summed E-state index contributed by atoms with van der Waals surface area (Å²) in [5.41, 5.74) is 2.72. The van der Waals surface area contributed by atoms with Gasteiger partial charge in [0, 0.05) is 27.6 Å². The van der Waals surface area contributed by atoms with Crippen molar-refractivity contribution in [2.75, 3.05) is 0 Å². The van der Waals surface area contributed by atoms with Gasteiger partial charge in [0.2, 0.25) is 5.88 Å². The van der Waals surface area contributed by atoms with Crippen LogP contribution in [0, 0.1) is 17.1 Å². The SMILES string of the molecule is N#CC1=C(N=Cc2ccccc2)Oc2c(cc(Cl)c3ccccc23)C1c1ccc(F)cc1. The summed E-state index contributed by atoms with van der Waals surface area (Å²) in [6.45, 7) is 0. The monoisotopic (exact) mass is 438 g/mol. The summed E-state index contributed by atoms with van der Waals surface area (Å²) in [6.07, 6.45) is 1.66. The Kier molecular flexibility index (Phi) is 5.18. The second kappa shape index (κ2) is 8.30. The van der Waals surface area contributed by atoms with Crippen LogP contribution >= 0.6 is 11.6 Å². The van der Waals surface area contributed by atoms with Gasteiger partial charge >= 0.3 is 0 Å². The van der Waals surface area contributed by atoms with E-state index < -0.39 is 5.92 Å². The summed E-state index contributed by atoms with van der Waals surface area (Å²) in [5.74, 6) is -0.0269. The zero-order valence-corrected chi connectivity index (χ0v) is 17.6. The molecule has 1 aliphatic rings. The van der Waals surface area contributed by atoms with E-state index >= 15 is 0 Å². The molecule has 154 valence electrons. The van der Waals surface area contributed by atoms with Gasteiger partial charge in [-0.2, -0.15) is 5.26 Å². The van der Waals surface area contributed by atoms with Crippen LogP contribution in [0.15, 0.2) is 101 Å². The smallest absolute Gasteiger partial charge is 0.234 e. The number of benzene rings is 4. The molecule has 5 rings (SSSR count). The highest BCUT2D eigenvalue weighted by atomic mass is 35.5. The molecular formula is C27H16ClFN2O. The predicted octanol–water partition coefficient (Wildman–Crippen LogP) is 7.01. The number of fused-ring (bicyclic) bond motifs is 3. The van der Waals surface area contributed by atoms with E-state index in [1.807, 2.05) is 60.7 Å². The first-order valence-corrected chi connectivity index (χ1v) is 10.4. The quantitative estimate of drug-likeness (QED) is 0.323. The standard InChI is InChI=1S/C27H16ClFN2O/c28-24-14-22-25(18-10-12-19(29)13-11-18)23(15-30)27(31-16-17-6-2-1-3-7-17)32-26(22)21-9-5-4-8-20(21)24/h1-14,16,25H. The third-order valence-electron chi connectivity index (χ3n) is 5.46. The Hall–Kier alpha value is -3.94. The van der Waals surface area contributed by atoms with Crippen LogP contribution in [0.2, 0.25) is 5.02 Å². The Bertz CT molecular complexity index is 1420. The number of rotatable bonds is 3. The second-order valence-electron chi connectivity index (χ2n) is 7.41. The Labute approximate surface area is 189 Å². The maximum atomic E-state index is 13.6. The number of nitrogens with zero attached hydrogens (tertiary/aromatic N) is 2. The van der Waals surface area contributed by atoms with Crippen LogP contribution in [0.25, 0.3) is 10.8 Å². The van der Waals surface area contributed by atoms with E-state index in [0.29, 0.717) is 16.3 Å². The molecular weight excluding hydrogens is 423 g/mol. The van der Waals surface area contributed by atoms with Crippen LogP contribution in [0.1, 0.15) is 22.6 Å². The Balaban J connectivity index is 1.75. The van der Waals surface area contributed by atoms with Gasteiger partial charge in [-0.15, -0.1) is 0 Å². The van der Waals surface area contributed by atoms with E-state index in [0.717, 1.165) is 27.5 Å². The van der Waals surface area contributed by atoms with E-state index in [2.05, 4.69) is 11.1 Å². The van der Waals surface area contributed by atoms with Gasteiger partial charge in [0.05, 0.1) is 5.92 Å². The van der Waals surface area contributed by atoms with Crippen molar-refractivity contribution in [2.45, 2.75) is 5.92 Å². The maximum Gasteiger partial charge on any atom is 0.234 e. The second-order valence-corrected chi connectivity index (χ2v) is 7.82. The summed E-state index contributed by atoms with van der Waals surface area (Å²) in [7, 11) is 0. The van der Waals surface area contributed by atoms with Crippen molar-refractivity contribution in [1.29, 1.82) is 5.26 Å². The molecule has 0 aliphatic carbocycles. The molecule has 3 nitrogen and oxygen atoms in total. The molecule has 5 heteroatoms. The molecule has 0 saturated heterocycles. The Morgan fingerprint density at radius 1 is 0.938 bits per heavy atom. The first-order valence-electron chi connectivity index (χ1n) is 10.0. The lowest BCUT2D eigenvalue weighted by Crippen LogP contribution is -2.16. The molecule has 1 atom stereocenters. The van der Waals surface area contributed by atoms with Crippen LogP contribution in [0.4, 0.5) is 4.39 Å². The molecule has 1 aliphatic heterocycles. The van der Waals surface area contributed by atoms with Crippen molar-refractivity contribution in [2.24, 2.45) is 4.99 Å². The fourth-order valence-electron chi connectivity index (χ4n) is 3.97. The molecule has 1 unspecified atom stereocenters. The highest BCUT2D eigenvalue weighted by Crippen LogP contribution is 2.48. The average Bonchev–Trinajstić information content (AvgIpc) is 2.83. The molecule has 0 bridgehead atoms. The van der Waals surface area contributed by atoms with E-state index in [1.165, 1.54) is 12.1 Å². The van der Waals surface area contributed by atoms with Gasteiger partial charge in [-0.3, -0.25) is 0 Å². The number of hydrogen-bond acceptors (Lipinski definition) is 3. The molecule has 1 heterocycles. The van der Waals surface area contributed by atoms with Crippen LogP contribution in [-0.4, -0.2) is 6.21 Å². The van der Waals surface area contributed by atoms with Crippen molar-refractivity contribution in [3.05, 3.63) is 124 Å². The molecule has 0 aromatic heterocycles. The average molecular weight is 439 g/mol. The molecule has 0 N–H and O–H groups in total. The highest BCUT2D eigenvalue weighted by Gasteiger charge is 2.33. The summed E-state index contributed by atoms with van der Waals surface area (Å²) in [5, 5.41) is 12.3. The molecule has 32 heavy (non-hydrogen) atoms. The molecule has 4 aromatic carbocycles. The van der Waals surface area contributed by atoms with Gasteiger partial charge in [0.25, 0.3) is 0 Å². The van der Waals surface area contributed by atoms with E-state index in [-0.39, 0.29) is 11.7 Å². The Morgan fingerprint density at radius 2 is 1.62 bits per heavy atom. The van der Waals surface area contributed by atoms with Gasteiger partial charge in [-0.25, -0.2) is 9.38 Å². The minimum absolute atomic E-state index is 0.214. The molecule has 4 aromatic rings. The lowest BCUT2D eigenvalue weighted by molar-refractivity contribution is 0.400. The Morgan fingerprint density at radius 3 is 2.34 bits per heavy atom.